The number of nitrogens with two attached hydrogens (primary N) is 1. The van der Waals surface area contributed by atoms with E-state index in [0.717, 1.165) is 5.56 Å². The van der Waals surface area contributed by atoms with E-state index >= 15 is 0 Å². The molecule has 0 radical (unpaired) electrons. The molecule has 3 N–H and O–H groups in total. The standard InChI is InChI=1S/C16H18N2O3/c1-20-14-9-12(17)13(10-15(14)21-2)18-16(19)8-11-6-4-3-5-7-11/h3-7,9-10H,8,17H2,1-2H3,(H,18,19). The van der Waals surface area contributed by atoms with Gasteiger partial charge in [-0.1, -0.05) is 30.3 Å². The molecule has 0 aliphatic heterocycles. The molecule has 5 heteroatoms. The Morgan fingerprint density at radius 3 is 2.33 bits per heavy atom. The van der Waals surface area contributed by atoms with Crippen molar-refractivity contribution in [1.82, 2.24) is 0 Å². The lowest BCUT2D eigenvalue weighted by molar-refractivity contribution is -0.115. The average Bonchev–Trinajstić information content (AvgIpc) is 2.49. The summed E-state index contributed by atoms with van der Waals surface area (Å²) < 4.78 is 10.4. The summed E-state index contributed by atoms with van der Waals surface area (Å²) in [6.07, 6.45) is 0.286. The van der Waals surface area contributed by atoms with E-state index in [1.54, 1.807) is 12.1 Å². The largest absolute Gasteiger partial charge is 0.493 e. The van der Waals surface area contributed by atoms with Gasteiger partial charge in [-0.05, 0) is 5.56 Å². The highest BCUT2D eigenvalue weighted by Gasteiger charge is 2.11. The van der Waals surface area contributed by atoms with Crippen LogP contribution in [0, 0.1) is 0 Å². The van der Waals surface area contributed by atoms with Crippen LogP contribution in [-0.4, -0.2) is 20.1 Å². The highest BCUT2D eigenvalue weighted by molar-refractivity contribution is 5.95. The number of carbonyl (C=O) groups excluding carboxylic acids is 1. The van der Waals surface area contributed by atoms with Crippen molar-refractivity contribution in [3.05, 3.63) is 48.0 Å². The molecule has 0 aromatic heterocycles. The predicted octanol–water partition coefficient (Wildman–Crippen LogP) is 2.47. The highest BCUT2D eigenvalue weighted by atomic mass is 16.5. The van der Waals surface area contributed by atoms with Crippen LogP contribution in [0.15, 0.2) is 42.5 Å². The summed E-state index contributed by atoms with van der Waals surface area (Å²) in [5.41, 5.74) is 7.78. The van der Waals surface area contributed by atoms with Crippen molar-refractivity contribution >= 4 is 17.3 Å². The van der Waals surface area contributed by atoms with E-state index in [4.69, 9.17) is 15.2 Å². The van der Waals surface area contributed by atoms with E-state index in [1.165, 1.54) is 14.2 Å². The van der Waals surface area contributed by atoms with Crippen LogP contribution in [0.2, 0.25) is 0 Å². The molecule has 0 fully saturated rings. The number of hydrogen-bond acceptors (Lipinski definition) is 4. The summed E-state index contributed by atoms with van der Waals surface area (Å²) in [7, 11) is 3.06. The van der Waals surface area contributed by atoms with Crippen molar-refractivity contribution in [2.45, 2.75) is 6.42 Å². The van der Waals surface area contributed by atoms with Crippen molar-refractivity contribution < 1.29 is 14.3 Å². The van der Waals surface area contributed by atoms with E-state index in [0.29, 0.717) is 22.9 Å². The Morgan fingerprint density at radius 1 is 1.10 bits per heavy atom. The Labute approximate surface area is 123 Å². The maximum Gasteiger partial charge on any atom is 0.228 e. The Morgan fingerprint density at radius 2 is 1.71 bits per heavy atom. The van der Waals surface area contributed by atoms with Gasteiger partial charge < -0.3 is 20.5 Å². The number of rotatable bonds is 5. The third-order valence-corrected chi connectivity index (χ3v) is 3.04. The van der Waals surface area contributed by atoms with E-state index in [9.17, 15) is 4.79 Å². The van der Waals surface area contributed by atoms with Crippen LogP contribution in [0.4, 0.5) is 11.4 Å². The van der Waals surface area contributed by atoms with Crippen LogP contribution in [0.5, 0.6) is 11.5 Å². The molecule has 0 aliphatic carbocycles. The minimum atomic E-state index is -0.139. The van der Waals surface area contributed by atoms with Gasteiger partial charge in [0, 0.05) is 12.1 Å². The monoisotopic (exact) mass is 286 g/mol. The van der Waals surface area contributed by atoms with Crippen molar-refractivity contribution in [2.24, 2.45) is 0 Å². The van der Waals surface area contributed by atoms with Gasteiger partial charge in [-0.2, -0.15) is 0 Å². The topological polar surface area (TPSA) is 73.6 Å². The van der Waals surface area contributed by atoms with Gasteiger partial charge in [-0.3, -0.25) is 4.79 Å². The van der Waals surface area contributed by atoms with Crippen LogP contribution in [0.3, 0.4) is 0 Å². The maximum absolute atomic E-state index is 12.0. The Bertz CT molecular complexity index is 627. The zero-order valence-corrected chi connectivity index (χ0v) is 12.1. The van der Waals surface area contributed by atoms with Gasteiger partial charge in [0.15, 0.2) is 11.5 Å². The van der Waals surface area contributed by atoms with Crippen LogP contribution in [-0.2, 0) is 11.2 Å². The highest BCUT2D eigenvalue weighted by Crippen LogP contribution is 2.34. The van der Waals surface area contributed by atoms with Gasteiger partial charge in [-0.25, -0.2) is 0 Å². The zero-order valence-electron chi connectivity index (χ0n) is 12.1. The molecule has 1 amide bonds. The molecule has 0 atom stereocenters. The van der Waals surface area contributed by atoms with Crippen LogP contribution in [0.25, 0.3) is 0 Å². The summed E-state index contributed by atoms with van der Waals surface area (Å²) in [6.45, 7) is 0. The normalized spacial score (nSPS) is 10.0. The molecule has 0 saturated heterocycles. The van der Waals surface area contributed by atoms with E-state index in [-0.39, 0.29) is 12.3 Å². The molecule has 0 heterocycles. The van der Waals surface area contributed by atoms with Gasteiger partial charge in [0.1, 0.15) is 0 Å². The molecule has 110 valence electrons. The number of nitrogens with one attached hydrogen (secondary N) is 1. The molecular formula is C16H18N2O3. The third-order valence-electron chi connectivity index (χ3n) is 3.04. The van der Waals surface area contributed by atoms with Crippen LogP contribution >= 0.6 is 0 Å². The number of methoxy groups -OCH3 is 2. The molecule has 21 heavy (non-hydrogen) atoms. The second-order valence-corrected chi connectivity index (χ2v) is 4.50. The second kappa shape index (κ2) is 6.65. The van der Waals surface area contributed by atoms with Gasteiger partial charge >= 0.3 is 0 Å². The molecule has 0 unspecified atom stereocenters. The quantitative estimate of drug-likeness (QED) is 0.828. The molecular weight excluding hydrogens is 268 g/mol. The minimum Gasteiger partial charge on any atom is -0.493 e. The second-order valence-electron chi connectivity index (χ2n) is 4.50. The molecule has 0 bridgehead atoms. The average molecular weight is 286 g/mol. The van der Waals surface area contributed by atoms with Crippen molar-refractivity contribution in [3.63, 3.8) is 0 Å². The molecule has 2 aromatic rings. The third kappa shape index (κ3) is 3.66. The number of amides is 1. The van der Waals surface area contributed by atoms with Crippen molar-refractivity contribution in [1.29, 1.82) is 0 Å². The van der Waals surface area contributed by atoms with Crippen molar-refractivity contribution in [3.8, 4) is 11.5 Å². The Balaban J connectivity index is 2.14. The number of nitrogen functional groups attached to an aromatic ring is 1. The summed E-state index contributed by atoms with van der Waals surface area (Å²) in [6, 6.07) is 12.8. The van der Waals surface area contributed by atoms with Crippen LogP contribution < -0.4 is 20.5 Å². The summed E-state index contributed by atoms with van der Waals surface area (Å²) in [5.74, 6) is 0.901. The molecule has 2 aromatic carbocycles. The first kappa shape index (κ1) is 14.7. The fourth-order valence-corrected chi connectivity index (χ4v) is 1.98. The SMILES string of the molecule is COc1cc(N)c(NC(=O)Cc2ccccc2)cc1OC. The summed E-state index contributed by atoms with van der Waals surface area (Å²) in [5, 5.41) is 2.79. The van der Waals surface area contributed by atoms with E-state index in [1.807, 2.05) is 30.3 Å². The molecule has 0 aliphatic rings. The lowest BCUT2D eigenvalue weighted by Gasteiger charge is -2.13. The number of benzene rings is 2. The predicted molar refractivity (Wildman–Crippen MR) is 82.7 cm³/mol. The lowest BCUT2D eigenvalue weighted by Crippen LogP contribution is -2.15. The smallest absolute Gasteiger partial charge is 0.228 e. The first-order valence-corrected chi connectivity index (χ1v) is 6.49. The zero-order chi connectivity index (χ0) is 15.2. The number of hydrogen-bond donors (Lipinski definition) is 2. The number of carbonyl (C=O) groups is 1. The van der Waals surface area contributed by atoms with Gasteiger partial charge in [0.25, 0.3) is 0 Å². The van der Waals surface area contributed by atoms with E-state index < -0.39 is 0 Å². The Hall–Kier alpha value is -2.69. The number of ether oxygens (including phenoxy) is 2. The van der Waals surface area contributed by atoms with Crippen LogP contribution in [0.1, 0.15) is 5.56 Å². The number of anilines is 2. The fourth-order valence-electron chi connectivity index (χ4n) is 1.98. The molecule has 0 spiro atoms. The maximum atomic E-state index is 12.0. The van der Waals surface area contributed by atoms with Gasteiger partial charge in [0.2, 0.25) is 5.91 Å². The fraction of sp³-hybridized carbons (Fsp3) is 0.188. The lowest BCUT2D eigenvalue weighted by atomic mass is 10.1. The van der Waals surface area contributed by atoms with E-state index in [2.05, 4.69) is 5.32 Å². The molecule has 2 rings (SSSR count). The first-order valence-electron chi connectivity index (χ1n) is 6.49. The molecule has 5 nitrogen and oxygen atoms in total. The summed E-state index contributed by atoms with van der Waals surface area (Å²) >= 11 is 0. The van der Waals surface area contributed by atoms with Crippen molar-refractivity contribution in [2.75, 3.05) is 25.3 Å². The Kier molecular flexibility index (Phi) is 4.66. The van der Waals surface area contributed by atoms with Gasteiger partial charge in [0.05, 0.1) is 32.0 Å². The minimum absolute atomic E-state index is 0.139. The first-order chi connectivity index (χ1) is 10.1. The summed E-state index contributed by atoms with van der Waals surface area (Å²) in [4.78, 5) is 12.0. The van der Waals surface area contributed by atoms with Gasteiger partial charge in [-0.15, -0.1) is 0 Å². The molecule has 0 saturated carbocycles.